The standard InChI is InChI=1S/C122H122BN5/c1-115(2,3)78-56-52-75(53-57-78)93-67-82(119(13,14)15)69-95(77-64-80(117(7,8)9)66-81(65-77)118(10,11)12)113(93)127-107-71-84(124-101-46-31-25-38-87(101)88-39-26-32-47-102(88)124)60-62-99(107)123-100-63-61-85(125-103-48-33-27-40-89(103)90-41-28-34-49-104(90)125)72-108(100)128(110-74-86(73-109(127)112(110)123)126-105-50-35-29-42-91(105)92-43-30-36-51-106(92)126)114-94(76-54-58-79(59-55-76)116(4,5)6)68-83(120(16,17)18)70-96(114)111-97(121(19,20)21)44-37-45-98(111)122(22,23)24/h25-74H,1-24H3/i25D,26D,27D,28D,29D,30D,31D,32D,33D,34D,35D,36D,37D,38D,39D,40D,41D,42D,43D,44D,45D,46D,47D,48D,49D,50D,51D,52D,53D,54D,55D,56D,57D,58D,59D,64D,65D,66D,67D,68D,70D. The average Bonchev–Trinajstić information content (AvgIpc) is 0.810. The molecule has 0 bridgehead atoms. The highest BCUT2D eigenvalue weighted by Gasteiger charge is 2.48. The van der Waals surface area contributed by atoms with Crippen molar-refractivity contribution in [2.45, 2.75) is 209 Å². The number of fused-ring (bicyclic) bond motifs is 13. The van der Waals surface area contributed by atoms with E-state index in [2.05, 4.69) is 0 Å². The third kappa shape index (κ3) is 13.9. The van der Waals surface area contributed by atoms with Gasteiger partial charge in [-0.05, 0) is 223 Å². The molecule has 5 heterocycles. The maximum atomic E-state index is 12.1. The summed E-state index contributed by atoms with van der Waals surface area (Å²) in [7, 11) is 0. The molecule has 0 saturated carbocycles. The van der Waals surface area contributed by atoms with Crippen LogP contribution >= 0.6 is 0 Å². The Morgan fingerprint density at radius 3 is 0.867 bits per heavy atom. The van der Waals surface area contributed by atoms with Crippen LogP contribution < -0.4 is 26.2 Å². The van der Waals surface area contributed by atoms with Crippen LogP contribution in [0.1, 0.15) is 267 Å². The summed E-state index contributed by atoms with van der Waals surface area (Å²) in [4.78, 5) is 2.86. The summed E-state index contributed by atoms with van der Waals surface area (Å²) in [6.45, 7) is 39.0. The first-order chi connectivity index (χ1) is 77.7. The Kier molecular flexibility index (Phi) is 11.3. The molecule has 128 heavy (non-hydrogen) atoms. The van der Waals surface area contributed by atoms with Crippen LogP contribution in [0.4, 0.5) is 34.1 Å². The quantitative estimate of drug-likeness (QED) is 0.134. The highest BCUT2D eigenvalue weighted by atomic mass is 15.2. The van der Waals surface area contributed by atoms with E-state index in [1.807, 2.05) is 0 Å². The van der Waals surface area contributed by atoms with E-state index in [-0.39, 0.29) is 106 Å². The van der Waals surface area contributed by atoms with Gasteiger partial charge in [0.05, 0.1) is 106 Å². The third-order valence-electron chi connectivity index (χ3n) is 24.3. The van der Waals surface area contributed by atoms with E-state index in [0.717, 1.165) is 4.57 Å². The second-order valence-corrected chi connectivity index (χ2v) is 41.9. The Bertz CT molecular complexity index is 9850. The number of para-hydroxylation sites is 6. The minimum absolute atomic E-state index is 0.00341. The lowest BCUT2D eigenvalue weighted by atomic mass is 9.33. The number of nitrogens with zero attached hydrogens (tertiary/aromatic N) is 5. The van der Waals surface area contributed by atoms with Crippen molar-refractivity contribution in [1.82, 2.24) is 13.7 Å². The predicted molar refractivity (Wildman–Crippen MR) is 555 cm³/mol. The minimum atomic E-state index is -1.79. The maximum absolute atomic E-state index is 12.1. The summed E-state index contributed by atoms with van der Waals surface area (Å²) in [5.74, 6) is 0. The molecule has 0 amide bonds. The van der Waals surface area contributed by atoms with Gasteiger partial charge in [-0.3, -0.25) is 0 Å². The first kappa shape index (κ1) is 49.1. The summed E-state index contributed by atoms with van der Waals surface area (Å²) in [5, 5.41) is -2.89. The van der Waals surface area contributed by atoms with Crippen molar-refractivity contribution >= 4 is 123 Å². The normalized spacial score (nSPS) is 18.1. The van der Waals surface area contributed by atoms with Crippen LogP contribution in [-0.2, 0) is 43.3 Å². The molecule has 0 spiro atoms. The lowest BCUT2D eigenvalue weighted by Gasteiger charge is -2.46. The van der Waals surface area contributed by atoms with Gasteiger partial charge >= 0.3 is 0 Å². The number of aromatic nitrogens is 3. The number of rotatable bonds is 9. The molecule has 20 rings (SSSR count). The van der Waals surface area contributed by atoms with Crippen molar-refractivity contribution < 1.29 is 56.2 Å². The van der Waals surface area contributed by atoms with Crippen molar-refractivity contribution in [2.24, 2.45) is 0 Å². The Morgan fingerprint density at radius 1 is 0.234 bits per heavy atom. The molecule has 2 aliphatic rings. The van der Waals surface area contributed by atoms with Gasteiger partial charge in [-0.15, -0.1) is 0 Å². The van der Waals surface area contributed by atoms with Gasteiger partial charge in [0.25, 0.3) is 6.71 Å². The predicted octanol–water partition coefficient (Wildman–Crippen LogP) is 32.1. The zero-order valence-corrected chi connectivity index (χ0v) is 76.5. The van der Waals surface area contributed by atoms with Crippen LogP contribution in [0.3, 0.4) is 0 Å². The highest BCUT2D eigenvalue weighted by Crippen LogP contribution is 2.58. The largest absolute Gasteiger partial charge is 0.310 e. The van der Waals surface area contributed by atoms with E-state index in [4.69, 9.17) is 0 Å². The Labute approximate surface area is 817 Å². The molecule has 5 nitrogen and oxygen atoms in total. The van der Waals surface area contributed by atoms with Gasteiger partial charge < -0.3 is 23.5 Å². The van der Waals surface area contributed by atoms with Crippen LogP contribution in [0.5, 0.6) is 0 Å². The molecule has 6 heteroatoms. The van der Waals surface area contributed by atoms with Crippen LogP contribution in [-0.4, -0.2) is 20.4 Å². The summed E-state index contributed by atoms with van der Waals surface area (Å²) in [6, 6.07) is -18.9. The summed E-state index contributed by atoms with van der Waals surface area (Å²) in [5.41, 5.74) is -22.7. The van der Waals surface area contributed by atoms with Gasteiger partial charge in [0.2, 0.25) is 0 Å². The van der Waals surface area contributed by atoms with Gasteiger partial charge in [-0.1, -0.05) is 372 Å². The molecule has 0 radical (unpaired) electrons. The SMILES string of the molecule is [2H]c1c([2H])c(C(C)(C)C)c(-c2c([2H])c(C(C)(C)C)c([2H])c(-c3c([2H])c([2H])c(C(C)(C)C)c([2H])c3[2H])c2N2c3cc(-n4c5c([2H])c([2H])c([2H])c([2H])c5c5c([2H])c([2H])c([2H])c([2H])c54)ccc3B3c4ccc(-n5c6c([2H])c([2H])c([2H])c([2H])c6c6c([2H])c([2H])c([2H])c([2H])c65)cc4N(c4c(-c5c([2H])c(C(C)(C)C)c([2H])c(C(C)(C)C)c5[2H])cc(C(C)(C)C)c([2H])c4-c4c([2H])c([2H])c(C(C)(C)C)c([2H])c4[2H])c4cc(-n5c6c([2H])c([2H])c([2H])c([2H])c6c6c([2H])c([2H])c([2H])c([2H])c65)cc2c43)c(C(C)(C)C)c1[2H]. The van der Waals surface area contributed by atoms with Crippen molar-refractivity contribution in [3.05, 3.63) is 347 Å². The summed E-state index contributed by atoms with van der Waals surface area (Å²) in [6.07, 6.45) is 0. The molecule has 15 aromatic carbocycles. The molecule has 0 fully saturated rings. The van der Waals surface area contributed by atoms with Crippen molar-refractivity contribution in [1.29, 1.82) is 0 Å². The van der Waals surface area contributed by atoms with Crippen LogP contribution in [0.15, 0.2) is 302 Å². The van der Waals surface area contributed by atoms with E-state index in [9.17, 15) is 56.2 Å². The molecule has 0 N–H and O–H groups in total. The Balaban J connectivity index is 1.21. The average molecular weight is 1710 g/mol. The maximum Gasteiger partial charge on any atom is 0.252 e. The third-order valence-corrected chi connectivity index (χ3v) is 24.3. The van der Waals surface area contributed by atoms with Gasteiger partial charge in [-0.25, -0.2) is 0 Å². The number of hydrogen-bond acceptors (Lipinski definition) is 2. The fourth-order valence-corrected chi connectivity index (χ4v) is 17.7. The van der Waals surface area contributed by atoms with Gasteiger partial charge in [0, 0.05) is 88.7 Å². The van der Waals surface area contributed by atoms with Crippen molar-refractivity contribution in [3.8, 4) is 61.6 Å². The monoisotopic (exact) mass is 1710 g/mol. The Morgan fingerprint density at radius 2 is 0.531 bits per heavy atom. The van der Waals surface area contributed by atoms with E-state index in [1.54, 1.807) is 166 Å². The molecule has 2 aliphatic heterocycles. The van der Waals surface area contributed by atoms with Gasteiger partial charge in [0.1, 0.15) is 0 Å². The molecular weight excluding hydrogens is 1550 g/mol. The first-order valence-electron chi connectivity index (χ1n) is 63.7. The van der Waals surface area contributed by atoms with Crippen LogP contribution in [0.25, 0.3) is 127 Å². The van der Waals surface area contributed by atoms with E-state index < -0.39 is 413 Å². The van der Waals surface area contributed by atoms with Gasteiger partial charge in [-0.2, -0.15) is 0 Å². The van der Waals surface area contributed by atoms with Crippen molar-refractivity contribution in [3.63, 3.8) is 0 Å². The van der Waals surface area contributed by atoms with Gasteiger partial charge in [0.15, 0.2) is 0 Å². The van der Waals surface area contributed by atoms with Crippen molar-refractivity contribution in [2.75, 3.05) is 9.80 Å². The second kappa shape index (κ2) is 29.5. The summed E-state index contributed by atoms with van der Waals surface area (Å²) < 4.78 is 430. The van der Waals surface area contributed by atoms with Crippen LogP contribution in [0, 0.1) is 0 Å². The lowest BCUT2D eigenvalue weighted by Crippen LogP contribution is -2.61. The first-order valence-corrected chi connectivity index (χ1v) is 43.2. The number of hydrogen-bond donors (Lipinski definition) is 0. The topological polar surface area (TPSA) is 21.3 Å². The molecule has 638 valence electrons. The highest BCUT2D eigenvalue weighted by molar-refractivity contribution is 7.00. The van der Waals surface area contributed by atoms with E-state index in [1.165, 1.54) is 73.5 Å². The molecule has 0 aliphatic carbocycles. The van der Waals surface area contributed by atoms with E-state index in [0.29, 0.717) is 0 Å². The minimum Gasteiger partial charge on any atom is -0.310 e. The molecule has 0 unspecified atom stereocenters. The molecule has 18 aromatic rings. The second-order valence-electron chi connectivity index (χ2n) is 41.9. The molecule has 0 saturated heterocycles. The van der Waals surface area contributed by atoms with Crippen LogP contribution in [0.2, 0.25) is 0 Å². The smallest absolute Gasteiger partial charge is 0.252 e. The Hall–Kier alpha value is -12.6. The molecule has 3 aromatic heterocycles. The zero-order valence-electron chi connectivity index (χ0n) is 118. The lowest BCUT2D eigenvalue weighted by molar-refractivity contribution is 0.569. The fraction of sp³-hybridized carbons (Fsp3) is 0.262. The fourth-order valence-electron chi connectivity index (χ4n) is 17.7. The number of anilines is 6. The molecular formula is C122H122BN5. The number of benzene rings is 15. The zero-order chi connectivity index (χ0) is 126. The van der Waals surface area contributed by atoms with E-state index >= 15 is 0 Å². The summed E-state index contributed by atoms with van der Waals surface area (Å²) >= 11 is 0. The molecule has 0 atom stereocenters.